The van der Waals surface area contributed by atoms with E-state index in [4.69, 9.17) is 16.6 Å². The monoisotopic (exact) mass is 407 g/mol. The summed E-state index contributed by atoms with van der Waals surface area (Å²) < 4.78 is 0. The van der Waals surface area contributed by atoms with Crippen LogP contribution in [0.15, 0.2) is 30.3 Å². The molecule has 8 N–H and O–H groups in total. The number of benzene rings is 1. The Bertz CT molecular complexity index is 754. The second-order valence-corrected chi connectivity index (χ2v) is 6.37. The van der Waals surface area contributed by atoms with Crippen LogP contribution in [0.1, 0.15) is 18.9 Å². The van der Waals surface area contributed by atoms with E-state index < -0.39 is 54.3 Å². The average Bonchev–Trinajstić information content (AvgIpc) is 2.65. The maximum atomic E-state index is 12.4. The maximum Gasteiger partial charge on any atom is 0.325 e. The van der Waals surface area contributed by atoms with E-state index in [1.54, 1.807) is 30.3 Å². The molecule has 0 saturated carbocycles. The van der Waals surface area contributed by atoms with Crippen molar-refractivity contribution < 1.29 is 29.1 Å². The van der Waals surface area contributed by atoms with Crippen molar-refractivity contribution in [1.82, 2.24) is 16.0 Å². The molecule has 0 aliphatic heterocycles. The van der Waals surface area contributed by atoms with Crippen LogP contribution in [-0.2, 0) is 30.4 Å². The summed E-state index contributed by atoms with van der Waals surface area (Å²) >= 11 is 0. The molecule has 11 heteroatoms. The molecular weight excluding hydrogens is 382 g/mol. The van der Waals surface area contributed by atoms with Crippen LogP contribution in [0.25, 0.3) is 0 Å². The van der Waals surface area contributed by atoms with E-state index in [2.05, 4.69) is 16.0 Å². The fourth-order valence-electron chi connectivity index (χ4n) is 2.29. The summed E-state index contributed by atoms with van der Waals surface area (Å²) in [6, 6.07) is 5.38. The van der Waals surface area contributed by atoms with Crippen LogP contribution in [0, 0.1) is 0 Å². The van der Waals surface area contributed by atoms with Gasteiger partial charge in [0.2, 0.25) is 23.6 Å². The van der Waals surface area contributed by atoms with Gasteiger partial charge >= 0.3 is 5.97 Å². The number of rotatable bonds is 11. The molecule has 0 heterocycles. The van der Waals surface area contributed by atoms with Crippen LogP contribution >= 0.6 is 0 Å². The molecule has 1 aromatic carbocycles. The van der Waals surface area contributed by atoms with E-state index in [9.17, 15) is 24.0 Å². The maximum absolute atomic E-state index is 12.4. The number of hydrogen-bond donors (Lipinski definition) is 6. The zero-order valence-electron chi connectivity index (χ0n) is 15.9. The van der Waals surface area contributed by atoms with Crippen LogP contribution in [0.5, 0.6) is 0 Å². The molecule has 0 saturated heterocycles. The van der Waals surface area contributed by atoms with Gasteiger partial charge in [-0.25, -0.2) is 0 Å². The second-order valence-electron chi connectivity index (χ2n) is 6.37. The highest BCUT2D eigenvalue weighted by atomic mass is 16.4. The van der Waals surface area contributed by atoms with Gasteiger partial charge in [-0.3, -0.25) is 24.0 Å². The topological polar surface area (TPSA) is 194 Å². The molecular formula is C18H25N5O6. The van der Waals surface area contributed by atoms with E-state index in [-0.39, 0.29) is 12.8 Å². The van der Waals surface area contributed by atoms with Gasteiger partial charge < -0.3 is 32.5 Å². The lowest BCUT2D eigenvalue weighted by atomic mass is 10.0. The summed E-state index contributed by atoms with van der Waals surface area (Å²) in [4.78, 5) is 58.1. The summed E-state index contributed by atoms with van der Waals surface area (Å²) in [5.41, 5.74) is 11.2. The summed E-state index contributed by atoms with van der Waals surface area (Å²) in [7, 11) is 0. The van der Waals surface area contributed by atoms with Crippen LogP contribution in [0.4, 0.5) is 0 Å². The second kappa shape index (κ2) is 11.4. The summed E-state index contributed by atoms with van der Waals surface area (Å²) in [6.07, 6.45) is -0.264. The molecule has 11 nitrogen and oxygen atoms in total. The number of nitrogens with one attached hydrogen (secondary N) is 3. The van der Waals surface area contributed by atoms with Crippen molar-refractivity contribution in [3.8, 4) is 0 Å². The predicted octanol–water partition coefficient (Wildman–Crippen LogP) is -2.38. The minimum atomic E-state index is -1.22. The van der Waals surface area contributed by atoms with Crippen molar-refractivity contribution in [3.63, 3.8) is 0 Å². The Labute approximate surface area is 167 Å². The third kappa shape index (κ3) is 8.84. The van der Waals surface area contributed by atoms with Crippen molar-refractivity contribution in [2.24, 2.45) is 11.5 Å². The number of aliphatic carboxylic acids is 1. The van der Waals surface area contributed by atoms with Gasteiger partial charge in [0.05, 0.1) is 19.0 Å². The molecule has 0 aliphatic rings. The Morgan fingerprint density at radius 3 is 2.21 bits per heavy atom. The number of amides is 4. The zero-order valence-corrected chi connectivity index (χ0v) is 15.9. The third-order valence-electron chi connectivity index (χ3n) is 3.84. The lowest BCUT2D eigenvalue weighted by Crippen LogP contribution is -2.54. The van der Waals surface area contributed by atoms with Gasteiger partial charge in [0.15, 0.2) is 0 Å². The van der Waals surface area contributed by atoms with E-state index in [1.807, 2.05) is 0 Å². The van der Waals surface area contributed by atoms with E-state index in [1.165, 1.54) is 6.92 Å². The van der Waals surface area contributed by atoms with E-state index in [0.717, 1.165) is 5.56 Å². The van der Waals surface area contributed by atoms with Crippen molar-refractivity contribution in [2.45, 2.75) is 37.9 Å². The SMILES string of the molecule is CC(NC(=O)C(Cc1ccccc1)NC(=O)CNC(=O)C(N)CC(N)=O)C(=O)O. The predicted molar refractivity (Wildman–Crippen MR) is 102 cm³/mol. The fourth-order valence-corrected chi connectivity index (χ4v) is 2.29. The van der Waals surface area contributed by atoms with Crippen molar-refractivity contribution in [1.29, 1.82) is 0 Å². The van der Waals surface area contributed by atoms with Gasteiger partial charge in [-0.1, -0.05) is 30.3 Å². The van der Waals surface area contributed by atoms with Crippen LogP contribution < -0.4 is 27.4 Å². The quantitative estimate of drug-likeness (QED) is 0.236. The molecule has 29 heavy (non-hydrogen) atoms. The van der Waals surface area contributed by atoms with Crippen LogP contribution in [-0.4, -0.2) is 59.4 Å². The van der Waals surface area contributed by atoms with Crippen LogP contribution in [0.2, 0.25) is 0 Å². The van der Waals surface area contributed by atoms with Gasteiger partial charge in [-0.05, 0) is 12.5 Å². The molecule has 158 valence electrons. The zero-order chi connectivity index (χ0) is 22.0. The Morgan fingerprint density at radius 1 is 1.03 bits per heavy atom. The van der Waals surface area contributed by atoms with Crippen molar-refractivity contribution >= 4 is 29.6 Å². The highest BCUT2D eigenvalue weighted by Crippen LogP contribution is 2.04. The normalized spacial score (nSPS) is 13.4. The molecule has 0 aliphatic carbocycles. The number of carbonyl (C=O) groups excluding carboxylic acids is 4. The molecule has 4 amide bonds. The standard InChI is InChI=1S/C18H25N5O6/c1-10(18(28)29)22-17(27)13(7-11-5-3-2-4-6-11)23-15(25)9-21-16(26)12(19)8-14(20)24/h2-6,10,12-13H,7-9,19H2,1H3,(H2,20,24)(H,21,26)(H,22,27)(H,23,25)(H,28,29). The Hall–Kier alpha value is -3.47. The lowest BCUT2D eigenvalue weighted by molar-refractivity contribution is -0.141. The molecule has 3 atom stereocenters. The molecule has 3 unspecified atom stereocenters. The molecule has 1 aromatic rings. The van der Waals surface area contributed by atoms with Gasteiger partial charge in [0.25, 0.3) is 0 Å². The fraction of sp³-hybridized carbons (Fsp3) is 0.389. The highest BCUT2D eigenvalue weighted by molar-refractivity contribution is 5.93. The lowest BCUT2D eigenvalue weighted by Gasteiger charge is -2.20. The highest BCUT2D eigenvalue weighted by Gasteiger charge is 2.25. The van der Waals surface area contributed by atoms with E-state index >= 15 is 0 Å². The molecule has 0 radical (unpaired) electrons. The third-order valence-corrected chi connectivity index (χ3v) is 3.84. The average molecular weight is 407 g/mol. The number of nitrogens with two attached hydrogens (primary N) is 2. The Morgan fingerprint density at radius 2 is 1.66 bits per heavy atom. The largest absolute Gasteiger partial charge is 0.480 e. The summed E-state index contributed by atoms with van der Waals surface area (Å²) in [5.74, 6) is -4.11. The minimum absolute atomic E-state index is 0.111. The molecule has 0 aromatic heterocycles. The first-order valence-corrected chi connectivity index (χ1v) is 8.78. The first-order valence-electron chi connectivity index (χ1n) is 8.78. The number of carboxylic acid groups (broad SMARTS) is 1. The van der Waals surface area contributed by atoms with Gasteiger partial charge in [0.1, 0.15) is 12.1 Å². The first-order chi connectivity index (χ1) is 13.6. The summed E-state index contributed by atoms with van der Waals surface area (Å²) in [6.45, 7) is 0.806. The number of hydrogen-bond acceptors (Lipinski definition) is 6. The van der Waals surface area contributed by atoms with E-state index in [0.29, 0.717) is 0 Å². The van der Waals surface area contributed by atoms with Crippen molar-refractivity contribution in [3.05, 3.63) is 35.9 Å². The number of carboxylic acids is 1. The minimum Gasteiger partial charge on any atom is -0.480 e. The molecule has 0 bridgehead atoms. The number of primary amides is 1. The van der Waals surface area contributed by atoms with Crippen LogP contribution in [0.3, 0.4) is 0 Å². The summed E-state index contributed by atoms with van der Waals surface area (Å²) in [5, 5.41) is 15.9. The molecule has 0 fully saturated rings. The van der Waals surface area contributed by atoms with Gasteiger partial charge in [-0.15, -0.1) is 0 Å². The van der Waals surface area contributed by atoms with Crippen molar-refractivity contribution in [2.75, 3.05) is 6.54 Å². The molecule has 0 spiro atoms. The Kier molecular flexibility index (Phi) is 9.26. The Balaban J connectivity index is 2.73. The van der Waals surface area contributed by atoms with Gasteiger partial charge in [-0.2, -0.15) is 0 Å². The number of carbonyl (C=O) groups is 5. The van der Waals surface area contributed by atoms with Gasteiger partial charge in [0, 0.05) is 6.42 Å². The smallest absolute Gasteiger partial charge is 0.325 e. The molecule has 1 rings (SSSR count). The first kappa shape index (κ1) is 23.6.